The van der Waals surface area contributed by atoms with Gasteiger partial charge >= 0.3 is 0 Å². The molecular weight excluding hydrogens is 138 g/mol. The number of hydrogen-bond donors (Lipinski definition) is 0. The van der Waals surface area contributed by atoms with Gasteiger partial charge in [0.15, 0.2) is 0 Å². The number of nitrogens with zero attached hydrogens (tertiary/aromatic N) is 1. The third-order valence-electron chi connectivity index (χ3n) is 0.558. The van der Waals surface area contributed by atoms with Crippen LogP contribution in [0.2, 0.25) is 0 Å². The van der Waals surface area contributed by atoms with E-state index in [1.807, 2.05) is 6.92 Å². The minimum atomic E-state index is 0.0972. The number of nitriles is 1. The SMILES string of the molecule is CCC(C)=O.N#CCCl. The van der Waals surface area contributed by atoms with Gasteiger partial charge in [0, 0.05) is 6.42 Å². The van der Waals surface area contributed by atoms with E-state index in [0.717, 1.165) is 0 Å². The van der Waals surface area contributed by atoms with Gasteiger partial charge in [-0.2, -0.15) is 5.26 Å². The Morgan fingerprint density at radius 2 is 2.00 bits per heavy atom. The molecule has 0 aliphatic carbocycles. The Bertz CT molecular complexity index is 106. The van der Waals surface area contributed by atoms with E-state index in [0.29, 0.717) is 6.42 Å². The molecule has 0 spiro atoms. The van der Waals surface area contributed by atoms with Crippen LogP contribution in [0.4, 0.5) is 0 Å². The van der Waals surface area contributed by atoms with Crippen molar-refractivity contribution in [1.29, 1.82) is 5.26 Å². The van der Waals surface area contributed by atoms with Crippen LogP contribution >= 0.6 is 11.6 Å². The van der Waals surface area contributed by atoms with Crippen LogP contribution in [0.3, 0.4) is 0 Å². The van der Waals surface area contributed by atoms with Crippen LogP contribution in [0.1, 0.15) is 20.3 Å². The summed E-state index contributed by atoms with van der Waals surface area (Å²) in [6.45, 7) is 3.43. The summed E-state index contributed by atoms with van der Waals surface area (Å²) >= 11 is 4.82. The third-order valence-corrected chi connectivity index (χ3v) is 0.677. The van der Waals surface area contributed by atoms with Gasteiger partial charge in [-0.15, -0.1) is 11.6 Å². The molecule has 0 bridgehead atoms. The Morgan fingerprint density at radius 3 is 2.00 bits per heavy atom. The predicted molar refractivity (Wildman–Crippen MR) is 37.3 cm³/mol. The summed E-state index contributed by atoms with van der Waals surface area (Å²) in [5, 5.41) is 7.49. The molecule has 0 saturated carbocycles. The van der Waals surface area contributed by atoms with Crippen LogP contribution in [-0.4, -0.2) is 11.7 Å². The van der Waals surface area contributed by atoms with Gasteiger partial charge in [0.05, 0.1) is 6.07 Å². The average Bonchev–Trinajstić information content (AvgIpc) is 1.89. The van der Waals surface area contributed by atoms with Crippen LogP contribution in [0, 0.1) is 11.3 Å². The summed E-state index contributed by atoms with van der Waals surface area (Å²) in [6.07, 6.45) is 0.667. The number of carbonyl (C=O) groups excluding carboxylic acids is 1. The minimum Gasteiger partial charge on any atom is -0.300 e. The molecule has 0 aromatic rings. The van der Waals surface area contributed by atoms with Crippen LogP contribution in [0.25, 0.3) is 0 Å². The molecule has 9 heavy (non-hydrogen) atoms. The van der Waals surface area contributed by atoms with Crippen molar-refractivity contribution in [2.75, 3.05) is 5.88 Å². The highest BCUT2D eigenvalue weighted by atomic mass is 35.5. The standard InChI is InChI=1S/C4H8O.C2H2ClN/c1-3-4(2)5;3-1-2-4/h3H2,1-2H3;1H2. The van der Waals surface area contributed by atoms with Crippen LogP contribution in [0.15, 0.2) is 0 Å². The average molecular weight is 148 g/mol. The summed E-state index contributed by atoms with van der Waals surface area (Å²) in [5.41, 5.74) is 0. The zero-order valence-corrected chi connectivity index (χ0v) is 6.40. The highest BCUT2D eigenvalue weighted by Crippen LogP contribution is 1.71. The quantitative estimate of drug-likeness (QED) is 0.530. The summed E-state index contributed by atoms with van der Waals surface area (Å²) in [6, 6.07) is 1.70. The Hall–Kier alpha value is -0.550. The molecular formula is C6H10ClNO. The molecule has 0 N–H and O–H groups in total. The lowest BCUT2D eigenvalue weighted by Crippen LogP contribution is -1.80. The van der Waals surface area contributed by atoms with E-state index in [4.69, 9.17) is 16.9 Å². The van der Waals surface area contributed by atoms with Crippen molar-refractivity contribution >= 4 is 17.4 Å². The smallest absolute Gasteiger partial charge is 0.129 e. The van der Waals surface area contributed by atoms with E-state index >= 15 is 0 Å². The summed E-state index contributed by atoms with van der Waals surface area (Å²) in [4.78, 5) is 9.81. The number of Topliss-reactive ketones (excluding diaryl/α,β-unsaturated/α-hetero) is 1. The van der Waals surface area contributed by atoms with Gasteiger partial charge < -0.3 is 4.79 Å². The number of ketones is 1. The molecule has 0 aliphatic heterocycles. The fourth-order valence-electron chi connectivity index (χ4n) is 0. The first-order chi connectivity index (χ1) is 4.18. The molecule has 0 rings (SSSR count). The lowest BCUT2D eigenvalue weighted by Gasteiger charge is -1.71. The van der Waals surface area contributed by atoms with Crippen molar-refractivity contribution in [1.82, 2.24) is 0 Å². The van der Waals surface area contributed by atoms with Gasteiger partial charge in [0.25, 0.3) is 0 Å². The highest BCUT2D eigenvalue weighted by molar-refractivity contribution is 6.19. The normalized spacial score (nSPS) is 6.44. The molecule has 0 aromatic heterocycles. The molecule has 3 heteroatoms. The van der Waals surface area contributed by atoms with Crippen molar-refractivity contribution < 1.29 is 4.79 Å². The van der Waals surface area contributed by atoms with Crippen molar-refractivity contribution in [2.24, 2.45) is 0 Å². The zero-order chi connectivity index (χ0) is 7.70. The Labute approximate surface area is 60.4 Å². The van der Waals surface area contributed by atoms with E-state index < -0.39 is 0 Å². The number of carbonyl (C=O) groups is 1. The minimum absolute atomic E-state index is 0.0972. The van der Waals surface area contributed by atoms with Gasteiger partial charge in [-0.1, -0.05) is 6.92 Å². The van der Waals surface area contributed by atoms with E-state index in [1.54, 1.807) is 13.0 Å². The van der Waals surface area contributed by atoms with Gasteiger partial charge in [0.2, 0.25) is 0 Å². The van der Waals surface area contributed by atoms with Crippen LogP contribution in [0.5, 0.6) is 0 Å². The third kappa shape index (κ3) is 36.9. The second kappa shape index (κ2) is 10.4. The molecule has 0 saturated heterocycles. The molecule has 2 nitrogen and oxygen atoms in total. The van der Waals surface area contributed by atoms with E-state index in [9.17, 15) is 4.79 Å². The van der Waals surface area contributed by atoms with Crippen molar-refractivity contribution in [3.05, 3.63) is 0 Å². The maximum absolute atomic E-state index is 9.81. The van der Waals surface area contributed by atoms with Gasteiger partial charge in [-0.3, -0.25) is 0 Å². The molecule has 0 fully saturated rings. The second-order valence-corrected chi connectivity index (χ2v) is 1.61. The first-order valence-corrected chi connectivity index (χ1v) is 3.14. The van der Waals surface area contributed by atoms with E-state index in [-0.39, 0.29) is 11.7 Å². The van der Waals surface area contributed by atoms with Gasteiger partial charge in [-0.25, -0.2) is 0 Å². The topological polar surface area (TPSA) is 40.9 Å². The monoisotopic (exact) mass is 147 g/mol. The van der Waals surface area contributed by atoms with Crippen molar-refractivity contribution in [3.63, 3.8) is 0 Å². The second-order valence-electron chi connectivity index (χ2n) is 1.35. The molecule has 52 valence electrons. The summed E-state index contributed by atoms with van der Waals surface area (Å²) in [7, 11) is 0. The Balaban J connectivity index is 0. The number of rotatable bonds is 1. The number of alkyl halides is 1. The largest absolute Gasteiger partial charge is 0.300 e. The first kappa shape index (κ1) is 11.3. The highest BCUT2D eigenvalue weighted by Gasteiger charge is 1.76. The molecule has 0 aliphatic rings. The maximum atomic E-state index is 9.81. The van der Waals surface area contributed by atoms with E-state index in [1.165, 1.54) is 0 Å². The van der Waals surface area contributed by atoms with Crippen LogP contribution in [-0.2, 0) is 4.79 Å². The lowest BCUT2D eigenvalue weighted by atomic mass is 10.4. The molecule has 0 radical (unpaired) electrons. The molecule has 0 unspecified atom stereocenters. The maximum Gasteiger partial charge on any atom is 0.129 e. The molecule has 0 heterocycles. The van der Waals surface area contributed by atoms with Crippen molar-refractivity contribution in [2.45, 2.75) is 20.3 Å². The summed E-state index contributed by atoms with van der Waals surface area (Å²) in [5.74, 6) is 0.352. The Morgan fingerprint density at radius 1 is 1.78 bits per heavy atom. The van der Waals surface area contributed by atoms with Crippen molar-refractivity contribution in [3.8, 4) is 6.07 Å². The number of halogens is 1. The first-order valence-electron chi connectivity index (χ1n) is 2.61. The number of hydrogen-bond acceptors (Lipinski definition) is 2. The van der Waals surface area contributed by atoms with Gasteiger partial charge in [-0.05, 0) is 6.92 Å². The fourth-order valence-corrected chi connectivity index (χ4v) is 0. The molecule has 0 aromatic carbocycles. The Kier molecular flexibility index (Phi) is 13.1. The van der Waals surface area contributed by atoms with Crippen LogP contribution < -0.4 is 0 Å². The molecule has 0 atom stereocenters. The zero-order valence-electron chi connectivity index (χ0n) is 5.65. The lowest BCUT2D eigenvalue weighted by molar-refractivity contribution is -0.116. The van der Waals surface area contributed by atoms with E-state index in [2.05, 4.69) is 0 Å². The summed E-state index contributed by atoms with van der Waals surface area (Å²) < 4.78 is 0. The fraction of sp³-hybridized carbons (Fsp3) is 0.667. The van der Waals surface area contributed by atoms with Gasteiger partial charge in [0.1, 0.15) is 11.7 Å². The predicted octanol–water partition coefficient (Wildman–Crippen LogP) is 1.73. The molecule has 0 amide bonds.